The van der Waals surface area contributed by atoms with Crippen molar-refractivity contribution in [2.24, 2.45) is 0 Å². The number of carbonyl (C=O) groups is 2. The summed E-state index contributed by atoms with van der Waals surface area (Å²) in [7, 11) is 1.52. The molecule has 7 heteroatoms. The second-order valence-corrected chi connectivity index (χ2v) is 3.77. The summed E-state index contributed by atoms with van der Waals surface area (Å²) in [5, 5.41) is 15.3. The van der Waals surface area contributed by atoms with Crippen LogP contribution in [-0.2, 0) is 16.0 Å². The molecule has 1 heterocycles. The molecule has 18 heavy (non-hydrogen) atoms. The minimum Gasteiger partial charge on any atom is -0.358 e. The minimum atomic E-state index is -0.227. The molecular formula is C11H13N5O2. The van der Waals surface area contributed by atoms with E-state index in [0.717, 1.165) is 11.1 Å². The molecule has 0 unspecified atom stereocenters. The Labute approximate surface area is 103 Å². The van der Waals surface area contributed by atoms with Crippen LogP contribution in [0.5, 0.6) is 0 Å². The minimum absolute atomic E-state index is 0.0124. The first-order valence-electron chi connectivity index (χ1n) is 5.45. The van der Waals surface area contributed by atoms with E-state index in [9.17, 15) is 9.59 Å². The van der Waals surface area contributed by atoms with Crippen molar-refractivity contribution in [1.82, 2.24) is 26.0 Å². The van der Waals surface area contributed by atoms with E-state index >= 15 is 0 Å². The number of amides is 2. The number of likely N-dealkylation sites (N-methyl/N-ethyl adjacent to an activating group) is 1. The zero-order valence-electron chi connectivity index (χ0n) is 9.86. The van der Waals surface area contributed by atoms with Gasteiger partial charge in [-0.1, -0.05) is 6.07 Å². The summed E-state index contributed by atoms with van der Waals surface area (Å²) in [6, 6.07) is 5.39. The summed E-state index contributed by atoms with van der Waals surface area (Å²) < 4.78 is 0. The Balaban J connectivity index is 1.96. The average Bonchev–Trinajstić information content (AvgIpc) is 2.83. The lowest BCUT2D eigenvalue weighted by atomic mass is 10.1. The number of aromatic nitrogens is 3. The lowest BCUT2D eigenvalue weighted by Gasteiger charge is -2.04. The second kappa shape index (κ2) is 5.26. The van der Waals surface area contributed by atoms with Gasteiger partial charge in [-0.15, -0.1) is 0 Å². The van der Waals surface area contributed by atoms with Crippen LogP contribution in [-0.4, -0.2) is 40.8 Å². The first-order valence-corrected chi connectivity index (χ1v) is 5.45. The van der Waals surface area contributed by atoms with Gasteiger partial charge in [0.05, 0.1) is 13.0 Å². The SMILES string of the molecule is CNC(=O)CNC(=O)Cc1ccc2n[nH]nc2c1. The number of nitrogens with zero attached hydrogens (tertiary/aromatic N) is 2. The molecule has 0 atom stereocenters. The molecule has 1 aromatic carbocycles. The number of carbonyl (C=O) groups excluding carboxylic acids is 2. The third-order valence-electron chi connectivity index (χ3n) is 2.47. The van der Waals surface area contributed by atoms with Crippen LogP contribution in [0.15, 0.2) is 18.2 Å². The molecule has 0 fully saturated rings. The lowest BCUT2D eigenvalue weighted by molar-refractivity contribution is -0.125. The van der Waals surface area contributed by atoms with Crippen molar-refractivity contribution in [3.05, 3.63) is 23.8 Å². The number of H-pyrrole nitrogens is 1. The van der Waals surface area contributed by atoms with Crippen molar-refractivity contribution in [2.75, 3.05) is 13.6 Å². The molecule has 3 N–H and O–H groups in total. The predicted octanol–water partition coefficient (Wildman–Crippen LogP) is -0.637. The summed E-state index contributed by atoms with van der Waals surface area (Å²) in [6.07, 6.45) is 0.208. The molecule has 0 aliphatic rings. The summed E-state index contributed by atoms with van der Waals surface area (Å²) >= 11 is 0. The van der Waals surface area contributed by atoms with Crippen molar-refractivity contribution in [1.29, 1.82) is 0 Å². The molecule has 2 amide bonds. The van der Waals surface area contributed by atoms with Crippen molar-refractivity contribution in [3.8, 4) is 0 Å². The van der Waals surface area contributed by atoms with E-state index in [4.69, 9.17) is 0 Å². The maximum atomic E-state index is 11.6. The summed E-state index contributed by atoms with van der Waals surface area (Å²) in [4.78, 5) is 22.5. The number of rotatable bonds is 4. The van der Waals surface area contributed by atoms with E-state index in [1.54, 1.807) is 12.1 Å². The Hall–Kier alpha value is -2.44. The van der Waals surface area contributed by atoms with Crippen LogP contribution in [0.2, 0.25) is 0 Å². The maximum Gasteiger partial charge on any atom is 0.239 e. The van der Waals surface area contributed by atoms with E-state index in [1.165, 1.54) is 7.05 Å². The molecule has 0 aliphatic heterocycles. The van der Waals surface area contributed by atoms with Gasteiger partial charge in [-0.3, -0.25) is 9.59 Å². The molecular weight excluding hydrogens is 234 g/mol. The number of hydrogen-bond donors (Lipinski definition) is 3. The maximum absolute atomic E-state index is 11.6. The molecule has 2 aromatic rings. The van der Waals surface area contributed by atoms with Crippen LogP contribution in [0.3, 0.4) is 0 Å². The zero-order chi connectivity index (χ0) is 13.0. The van der Waals surface area contributed by atoms with E-state index in [1.807, 2.05) is 6.07 Å². The monoisotopic (exact) mass is 247 g/mol. The fraction of sp³-hybridized carbons (Fsp3) is 0.273. The highest BCUT2D eigenvalue weighted by Crippen LogP contribution is 2.10. The summed E-state index contributed by atoms with van der Waals surface area (Å²) in [5.41, 5.74) is 2.29. The lowest BCUT2D eigenvalue weighted by Crippen LogP contribution is -2.35. The Morgan fingerprint density at radius 1 is 1.22 bits per heavy atom. The first kappa shape index (κ1) is 12.0. The topological polar surface area (TPSA) is 99.8 Å². The van der Waals surface area contributed by atoms with Gasteiger partial charge in [-0.2, -0.15) is 15.4 Å². The Morgan fingerprint density at radius 2 is 2.00 bits per heavy atom. The molecule has 0 spiro atoms. The van der Waals surface area contributed by atoms with Crippen LogP contribution in [0.25, 0.3) is 11.0 Å². The largest absolute Gasteiger partial charge is 0.358 e. The van der Waals surface area contributed by atoms with Crippen LogP contribution in [0, 0.1) is 0 Å². The van der Waals surface area contributed by atoms with Crippen LogP contribution < -0.4 is 10.6 Å². The van der Waals surface area contributed by atoms with Crippen LogP contribution in [0.1, 0.15) is 5.56 Å². The zero-order valence-corrected chi connectivity index (χ0v) is 9.86. The number of nitrogens with one attached hydrogen (secondary N) is 3. The highest BCUT2D eigenvalue weighted by molar-refractivity contribution is 5.86. The fourth-order valence-corrected chi connectivity index (χ4v) is 1.51. The Kier molecular flexibility index (Phi) is 3.52. The van der Waals surface area contributed by atoms with Crippen molar-refractivity contribution < 1.29 is 9.59 Å². The molecule has 94 valence electrons. The third kappa shape index (κ3) is 2.82. The van der Waals surface area contributed by atoms with Crippen LogP contribution in [0.4, 0.5) is 0 Å². The standard InChI is InChI=1S/C11H13N5O2/c1-12-11(18)6-13-10(17)5-7-2-3-8-9(4-7)15-16-14-8/h2-4H,5-6H2,1H3,(H,12,18)(H,13,17)(H,14,15,16). The summed E-state index contributed by atoms with van der Waals surface area (Å²) in [5.74, 6) is -0.434. The van der Waals surface area contributed by atoms with E-state index in [-0.39, 0.29) is 24.8 Å². The van der Waals surface area contributed by atoms with Gasteiger partial charge < -0.3 is 10.6 Å². The number of benzene rings is 1. The molecule has 0 saturated carbocycles. The highest BCUT2D eigenvalue weighted by atomic mass is 16.2. The van der Waals surface area contributed by atoms with Gasteiger partial charge in [0.1, 0.15) is 11.0 Å². The quantitative estimate of drug-likeness (QED) is 0.669. The van der Waals surface area contributed by atoms with Gasteiger partial charge in [0, 0.05) is 7.05 Å². The van der Waals surface area contributed by atoms with Gasteiger partial charge in [0.15, 0.2) is 0 Å². The normalized spacial score (nSPS) is 10.3. The molecule has 1 aromatic heterocycles. The first-order chi connectivity index (χ1) is 8.69. The van der Waals surface area contributed by atoms with E-state index in [2.05, 4.69) is 26.0 Å². The van der Waals surface area contributed by atoms with Gasteiger partial charge in [0.2, 0.25) is 11.8 Å². The Morgan fingerprint density at radius 3 is 2.78 bits per heavy atom. The van der Waals surface area contributed by atoms with Gasteiger partial charge >= 0.3 is 0 Å². The number of aromatic amines is 1. The van der Waals surface area contributed by atoms with Crippen molar-refractivity contribution in [2.45, 2.75) is 6.42 Å². The smallest absolute Gasteiger partial charge is 0.239 e. The number of fused-ring (bicyclic) bond motifs is 1. The predicted molar refractivity (Wildman–Crippen MR) is 64.7 cm³/mol. The fourth-order valence-electron chi connectivity index (χ4n) is 1.51. The Bertz CT molecular complexity index is 578. The molecule has 0 aliphatic carbocycles. The average molecular weight is 247 g/mol. The third-order valence-corrected chi connectivity index (χ3v) is 2.47. The van der Waals surface area contributed by atoms with Gasteiger partial charge in [-0.05, 0) is 17.7 Å². The van der Waals surface area contributed by atoms with E-state index in [0.29, 0.717) is 5.52 Å². The van der Waals surface area contributed by atoms with Gasteiger partial charge in [-0.25, -0.2) is 0 Å². The van der Waals surface area contributed by atoms with Gasteiger partial charge in [0.25, 0.3) is 0 Å². The summed E-state index contributed by atoms with van der Waals surface area (Å²) in [6.45, 7) is -0.0124. The van der Waals surface area contributed by atoms with E-state index < -0.39 is 0 Å². The molecule has 2 rings (SSSR count). The van der Waals surface area contributed by atoms with Crippen molar-refractivity contribution >= 4 is 22.8 Å². The second-order valence-electron chi connectivity index (χ2n) is 3.77. The van der Waals surface area contributed by atoms with Crippen LogP contribution >= 0.6 is 0 Å². The molecule has 7 nitrogen and oxygen atoms in total. The number of hydrogen-bond acceptors (Lipinski definition) is 4. The van der Waals surface area contributed by atoms with Crippen molar-refractivity contribution in [3.63, 3.8) is 0 Å². The molecule has 0 bridgehead atoms. The molecule has 0 saturated heterocycles. The highest BCUT2D eigenvalue weighted by Gasteiger charge is 2.07. The molecule has 0 radical (unpaired) electrons.